The van der Waals surface area contributed by atoms with Crippen LogP contribution in [0.3, 0.4) is 0 Å². The average molecular weight is 535 g/mol. The number of nitrogens with zero attached hydrogens (tertiary/aromatic N) is 2. The van der Waals surface area contributed by atoms with E-state index in [0.29, 0.717) is 18.7 Å². The first kappa shape index (κ1) is 25.1. The first-order valence-electron chi connectivity index (χ1n) is 10.5. The minimum Gasteiger partial charge on any atom is -0.356 e. The number of hydrogen-bond donors (Lipinski definition) is 3. The Hall–Kier alpha value is -2.13. The Morgan fingerprint density at radius 3 is 2.42 bits per heavy atom. The number of amides is 1. The summed E-state index contributed by atoms with van der Waals surface area (Å²) < 4.78 is 0. The van der Waals surface area contributed by atoms with Crippen LogP contribution in [-0.2, 0) is 12.0 Å². The van der Waals surface area contributed by atoms with Gasteiger partial charge >= 0.3 is 0 Å². The van der Waals surface area contributed by atoms with Crippen molar-refractivity contribution in [2.45, 2.75) is 24.8 Å². The van der Waals surface area contributed by atoms with Crippen molar-refractivity contribution in [2.24, 2.45) is 4.99 Å². The third-order valence-electron chi connectivity index (χ3n) is 5.55. The van der Waals surface area contributed by atoms with Crippen LogP contribution in [0, 0.1) is 0 Å². The van der Waals surface area contributed by atoms with Gasteiger partial charge in [-0.25, -0.2) is 0 Å². The van der Waals surface area contributed by atoms with E-state index in [2.05, 4.69) is 51.3 Å². The van der Waals surface area contributed by atoms with Crippen LogP contribution < -0.4 is 16.0 Å². The molecule has 31 heavy (non-hydrogen) atoms. The van der Waals surface area contributed by atoms with Crippen LogP contribution in [0.1, 0.15) is 34.3 Å². The molecule has 0 bridgehead atoms. The Balaban J connectivity index is 0.00000341. The van der Waals surface area contributed by atoms with Gasteiger partial charge in [0.2, 0.25) is 0 Å². The highest BCUT2D eigenvalue weighted by Gasteiger charge is 2.43. The fourth-order valence-electron chi connectivity index (χ4n) is 3.49. The van der Waals surface area contributed by atoms with E-state index in [0.717, 1.165) is 24.6 Å². The van der Waals surface area contributed by atoms with E-state index < -0.39 is 0 Å². The molecule has 6 nitrogen and oxygen atoms in total. The molecule has 2 aromatic rings. The lowest BCUT2D eigenvalue weighted by atomic mass is 9.96. The predicted octanol–water partition coefficient (Wildman–Crippen LogP) is 2.99. The van der Waals surface area contributed by atoms with Crippen LogP contribution in [0.25, 0.3) is 0 Å². The minimum absolute atomic E-state index is 0. The molecule has 2 aromatic carbocycles. The molecule has 0 saturated heterocycles. The predicted molar refractivity (Wildman–Crippen MR) is 138 cm³/mol. The molecule has 7 heteroatoms. The summed E-state index contributed by atoms with van der Waals surface area (Å²) in [5.41, 5.74) is 3.34. The number of guanidine groups is 1. The fourth-order valence-corrected chi connectivity index (χ4v) is 3.49. The second-order valence-corrected chi connectivity index (χ2v) is 8.19. The molecular formula is C24H34IN5O. The summed E-state index contributed by atoms with van der Waals surface area (Å²) in [6.07, 6.45) is 2.40. The first-order chi connectivity index (χ1) is 14.5. The molecular weight excluding hydrogens is 501 g/mol. The lowest BCUT2D eigenvalue weighted by Crippen LogP contribution is -2.40. The molecule has 0 heterocycles. The maximum absolute atomic E-state index is 12.3. The molecule has 1 saturated carbocycles. The lowest BCUT2D eigenvalue weighted by molar-refractivity contribution is 0.0951. The number of hydrogen-bond acceptors (Lipinski definition) is 3. The fraction of sp³-hybridized carbons (Fsp3) is 0.417. The SMILES string of the molecule is CN=C(NCc1cccc(C(=O)NCCN(C)C)c1)NCC1(c2ccccc2)CC1.I. The molecule has 1 amide bonds. The first-order valence-corrected chi connectivity index (χ1v) is 10.5. The van der Waals surface area contributed by atoms with Crippen molar-refractivity contribution >= 4 is 35.8 Å². The Bertz CT molecular complexity index is 865. The van der Waals surface area contributed by atoms with Crippen LogP contribution in [0.4, 0.5) is 0 Å². The van der Waals surface area contributed by atoms with E-state index in [1.807, 2.05) is 43.3 Å². The van der Waals surface area contributed by atoms with Crippen LogP contribution in [0.5, 0.6) is 0 Å². The quantitative estimate of drug-likeness (QED) is 0.263. The van der Waals surface area contributed by atoms with Crippen molar-refractivity contribution in [2.75, 3.05) is 40.8 Å². The highest BCUT2D eigenvalue weighted by atomic mass is 127. The summed E-state index contributed by atoms with van der Waals surface area (Å²) in [4.78, 5) is 18.7. The summed E-state index contributed by atoms with van der Waals surface area (Å²) >= 11 is 0. The van der Waals surface area contributed by atoms with Gasteiger partial charge in [-0.3, -0.25) is 9.79 Å². The van der Waals surface area contributed by atoms with E-state index in [9.17, 15) is 4.79 Å². The van der Waals surface area contributed by atoms with Crippen molar-refractivity contribution in [3.05, 3.63) is 71.3 Å². The maximum Gasteiger partial charge on any atom is 0.251 e. The summed E-state index contributed by atoms with van der Waals surface area (Å²) in [6.45, 7) is 2.93. The molecule has 1 fully saturated rings. The van der Waals surface area contributed by atoms with Crippen molar-refractivity contribution in [3.8, 4) is 0 Å². The Kier molecular flexibility index (Phi) is 9.77. The molecule has 0 aromatic heterocycles. The Labute approximate surface area is 202 Å². The van der Waals surface area contributed by atoms with E-state index in [4.69, 9.17) is 0 Å². The summed E-state index contributed by atoms with van der Waals surface area (Å²) in [6, 6.07) is 18.4. The number of nitrogens with one attached hydrogen (secondary N) is 3. The maximum atomic E-state index is 12.3. The number of carbonyl (C=O) groups is 1. The smallest absolute Gasteiger partial charge is 0.251 e. The van der Waals surface area contributed by atoms with Crippen molar-refractivity contribution < 1.29 is 4.79 Å². The van der Waals surface area contributed by atoms with Crippen LogP contribution in [0.2, 0.25) is 0 Å². The van der Waals surface area contributed by atoms with Crippen LogP contribution in [0.15, 0.2) is 59.6 Å². The Morgan fingerprint density at radius 1 is 1.03 bits per heavy atom. The van der Waals surface area contributed by atoms with E-state index in [-0.39, 0.29) is 35.3 Å². The normalized spacial score (nSPS) is 14.5. The van der Waals surface area contributed by atoms with Gasteiger partial charge < -0.3 is 20.9 Å². The number of aliphatic imine (C=N–C) groups is 1. The lowest BCUT2D eigenvalue weighted by Gasteiger charge is -2.19. The van der Waals surface area contributed by atoms with Gasteiger partial charge in [0.05, 0.1) is 0 Å². The zero-order chi connectivity index (χ0) is 21.4. The molecule has 1 aliphatic rings. The van der Waals surface area contributed by atoms with Crippen LogP contribution >= 0.6 is 24.0 Å². The number of halogens is 1. The molecule has 168 valence electrons. The van der Waals surface area contributed by atoms with Crippen LogP contribution in [-0.4, -0.2) is 57.5 Å². The number of rotatable bonds is 9. The Morgan fingerprint density at radius 2 is 1.77 bits per heavy atom. The van der Waals surface area contributed by atoms with Gasteiger partial charge in [-0.2, -0.15) is 0 Å². The zero-order valence-corrected chi connectivity index (χ0v) is 21.0. The largest absolute Gasteiger partial charge is 0.356 e. The third-order valence-corrected chi connectivity index (χ3v) is 5.55. The van der Waals surface area contributed by atoms with Gasteiger partial charge in [0.1, 0.15) is 0 Å². The molecule has 3 N–H and O–H groups in total. The van der Waals surface area contributed by atoms with Gasteiger partial charge in [0, 0.05) is 44.2 Å². The minimum atomic E-state index is -0.0419. The molecule has 0 aliphatic heterocycles. The van der Waals surface area contributed by atoms with E-state index in [1.165, 1.54) is 18.4 Å². The third kappa shape index (κ3) is 7.50. The van der Waals surface area contributed by atoms with Crippen molar-refractivity contribution in [1.29, 1.82) is 0 Å². The molecule has 1 aliphatic carbocycles. The van der Waals surface area contributed by atoms with Gasteiger partial charge in [-0.15, -0.1) is 24.0 Å². The molecule has 3 rings (SSSR count). The van der Waals surface area contributed by atoms with E-state index >= 15 is 0 Å². The summed E-state index contributed by atoms with van der Waals surface area (Å²) in [7, 11) is 5.76. The topological polar surface area (TPSA) is 68.8 Å². The molecule has 0 atom stereocenters. The summed E-state index contributed by atoms with van der Waals surface area (Å²) in [5.74, 6) is 0.734. The second-order valence-electron chi connectivity index (χ2n) is 8.19. The van der Waals surface area contributed by atoms with Crippen molar-refractivity contribution in [3.63, 3.8) is 0 Å². The molecule has 0 radical (unpaired) electrons. The second kappa shape index (κ2) is 12.0. The van der Waals surface area contributed by atoms with Gasteiger partial charge in [0.25, 0.3) is 5.91 Å². The highest BCUT2D eigenvalue weighted by Crippen LogP contribution is 2.47. The number of carbonyl (C=O) groups excluding carboxylic acids is 1. The van der Waals surface area contributed by atoms with E-state index in [1.54, 1.807) is 7.05 Å². The number of benzene rings is 2. The monoisotopic (exact) mass is 535 g/mol. The summed E-state index contributed by atoms with van der Waals surface area (Å²) in [5, 5.41) is 9.79. The average Bonchev–Trinajstić information content (AvgIpc) is 3.55. The standard InChI is InChI=1S/C24H33N5O.HI/c1-25-23(28-18-24(12-13-24)21-10-5-4-6-11-21)27-17-19-8-7-9-20(16-19)22(30)26-14-15-29(2)3;/h4-11,16H,12-15,17-18H2,1-3H3,(H,26,30)(H2,25,27,28);1H. The zero-order valence-electron chi connectivity index (χ0n) is 18.6. The molecule has 0 unspecified atom stereocenters. The molecule has 0 spiro atoms. The van der Waals surface area contributed by atoms with Crippen molar-refractivity contribution in [1.82, 2.24) is 20.9 Å². The van der Waals surface area contributed by atoms with Gasteiger partial charge in [0.15, 0.2) is 5.96 Å². The van der Waals surface area contributed by atoms with Gasteiger partial charge in [-0.05, 0) is 50.2 Å². The highest BCUT2D eigenvalue weighted by molar-refractivity contribution is 14.0. The number of likely N-dealkylation sites (N-methyl/N-ethyl adjacent to an activating group) is 1. The van der Waals surface area contributed by atoms with Gasteiger partial charge in [-0.1, -0.05) is 42.5 Å².